The summed E-state index contributed by atoms with van der Waals surface area (Å²) in [5.41, 5.74) is 16.7. The first-order valence-corrected chi connectivity index (χ1v) is 7.50. The van der Waals surface area contributed by atoms with Crippen molar-refractivity contribution in [1.82, 2.24) is 5.32 Å². The molecule has 6 nitrogen and oxygen atoms in total. The molecule has 0 saturated heterocycles. The summed E-state index contributed by atoms with van der Waals surface area (Å²) in [5, 5.41) is 2.66. The van der Waals surface area contributed by atoms with E-state index in [-0.39, 0.29) is 5.91 Å². The number of carbonyl (C=O) groups is 2. The van der Waals surface area contributed by atoms with Crippen molar-refractivity contribution in [2.45, 2.75) is 37.2 Å². The van der Waals surface area contributed by atoms with Gasteiger partial charge in [0.2, 0.25) is 11.8 Å². The second-order valence-electron chi connectivity index (χ2n) is 5.79. The van der Waals surface area contributed by atoms with Crippen molar-refractivity contribution in [3.63, 3.8) is 0 Å². The lowest BCUT2D eigenvalue weighted by Gasteiger charge is -2.26. The molecule has 22 heavy (non-hydrogen) atoms. The third-order valence-electron chi connectivity index (χ3n) is 3.53. The largest absolute Gasteiger partial charge is 0.368 e. The fraction of sp³-hybridized carbons (Fsp3) is 0.467. The zero-order chi connectivity index (χ0) is 16.6. The molecule has 0 aliphatic rings. The van der Waals surface area contributed by atoms with Crippen LogP contribution in [0.3, 0.4) is 0 Å². The van der Waals surface area contributed by atoms with E-state index in [1.54, 1.807) is 7.85 Å². The number of carbonyl (C=O) groups excluding carboxylic acids is 2. The summed E-state index contributed by atoms with van der Waals surface area (Å²) in [5.74, 6) is -0.936. The maximum Gasteiger partial charge on any atom is 0.240 e. The molecule has 0 unspecified atom stereocenters. The molecule has 0 fully saturated rings. The predicted molar refractivity (Wildman–Crippen MR) is 89.6 cm³/mol. The zero-order valence-corrected chi connectivity index (χ0v) is 13.0. The van der Waals surface area contributed by atoms with E-state index in [0.717, 1.165) is 18.4 Å². The van der Waals surface area contributed by atoms with E-state index in [2.05, 4.69) is 5.32 Å². The van der Waals surface area contributed by atoms with E-state index in [9.17, 15) is 9.59 Å². The van der Waals surface area contributed by atoms with Crippen LogP contribution < -0.4 is 22.5 Å². The van der Waals surface area contributed by atoms with E-state index in [0.29, 0.717) is 19.4 Å². The Morgan fingerprint density at radius 2 is 1.86 bits per heavy atom. The molecule has 1 rings (SSSR count). The molecule has 7 heteroatoms. The minimum atomic E-state index is -1.11. The number of nitrogens with one attached hydrogen (secondary N) is 1. The third kappa shape index (κ3) is 5.87. The first kappa shape index (κ1) is 18.2. The Kier molecular flexibility index (Phi) is 7.07. The highest BCUT2D eigenvalue weighted by molar-refractivity contribution is 6.28. The van der Waals surface area contributed by atoms with Crippen LogP contribution in [0.25, 0.3) is 0 Å². The summed E-state index contributed by atoms with van der Waals surface area (Å²) in [4.78, 5) is 23.8. The van der Waals surface area contributed by atoms with E-state index in [1.807, 2.05) is 30.3 Å². The van der Waals surface area contributed by atoms with Gasteiger partial charge in [-0.2, -0.15) is 0 Å². The van der Waals surface area contributed by atoms with Crippen molar-refractivity contribution in [1.29, 1.82) is 0 Å². The maximum absolute atomic E-state index is 12.3. The fourth-order valence-electron chi connectivity index (χ4n) is 2.20. The van der Waals surface area contributed by atoms with Crippen LogP contribution in [0.2, 0.25) is 0 Å². The second-order valence-corrected chi connectivity index (χ2v) is 5.79. The number of primary amides is 1. The molecule has 120 valence electrons. The minimum absolute atomic E-state index is 0.382. The molecule has 7 N–H and O–H groups in total. The van der Waals surface area contributed by atoms with Crippen LogP contribution in [0.4, 0.5) is 0 Å². The van der Waals surface area contributed by atoms with E-state index < -0.39 is 17.4 Å². The van der Waals surface area contributed by atoms with Crippen molar-refractivity contribution in [3.8, 4) is 0 Å². The summed E-state index contributed by atoms with van der Waals surface area (Å²) in [7, 11) is 1.65. The number of nitrogens with two attached hydrogens (primary N) is 3. The Morgan fingerprint density at radius 3 is 2.41 bits per heavy atom. The standard InChI is InChI=1S/C15H25BN4O2/c16-15(19,10-11-6-2-1-3-7-11)14(22)20-12(13(18)21)8-4-5-9-17/h1-3,6-7,12H,4-5,8-10,16-17,19H2,(H2,18,21)(H,20,22)/t12-,15-/m0/s1. The number of rotatable bonds is 9. The van der Waals surface area contributed by atoms with E-state index >= 15 is 0 Å². The second kappa shape index (κ2) is 8.55. The molecule has 0 heterocycles. The Morgan fingerprint density at radius 1 is 1.23 bits per heavy atom. The molecule has 0 aliphatic carbocycles. The highest BCUT2D eigenvalue weighted by Gasteiger charge is 2.31. The Balaban J connectivity index is 2.64. The summed E-state index contributed by atoms with van der Waals surface area (Å²) >= 11 is 0. The predicted octanol–water partition coefficient (Wildman–Crippen LogP) is -1.38. The van der Waals surface area contributed by atoms with Crippen molar-refractivity contribution >= 4 is 19.7 Å². The van der Waals surface area contributed by atoms with Gasteiger partial charge in [-0.15, -0.1) is 0 Å². The summed E-state index contributed by atoms with van der Waals surface area (Å²) in [6.07, 6.45) is 2.36. The van der Waals surface area contributed by atoms with Gasteiger partial charge in [-0.25, -0.2) is 0 Å². The molecule has 2 amide bonds. The Hall–Kier alpha value is -1.86. The third-order valence-corrected chi connectivity index (χ3v) is 3.53. The van der Waals surface area contributed by atoms with Gasteiger partial charge < -0.3 is 22.5 Å². The molecule has 1 aromatic carbocycles. The van der Waals surface area contributed by atoms with Gasteiger partial charge in [-0.1, -0.05) is 30.3 Å². The molecule has 2 atom stereocenters. The SMILES string of the molecule is B[C@](N)(Cc1ccccc1)C(=O)N[C@@H](CCCCN)C(N)=O. The quantitative estimate of drug-likeness (QED) is 0.331. The van der Waals surface area contributed by atoms with Crippen LogP contribution in [0, 0.1) is 0 Å². The zero-order valence-electron chi connectivity index (χ0n) is 13.0. The number of amides is 2. The van der Waals surface area contributed by atoms with Crippen molar-refractivity contribution in [2.24, 2.45) is 17.2 Å². The molecule has 0 bridgehead atoms. The fourth-order valence-corrected chi connectivity index (χ4v) is 2.20. The maximum atomic E-state index is 12.3. The normalized spacial score (nSPS) is 14.8. The number of benzene rings is 1. The molecule has 0 spiro atoms. The first-order valence-electron chi connectivity index (χ1n) is 7.50. The average molecular weight is 304 g/mol. The molecule has 0 aliphatic heterocycles. The lowest BCUT2D eigenvalue weighted by molar-refractivity contribution is -0.129. The molecular formula is C15H25BN4O2. The molecule has 1 aromatic rings. The number of hydrogen-bond acceptors (Lipinski definition) is 4. The molecular weight excluding hydrogens is 279 g/mol. The Labute approximate surface area is 132 Å². The summed E-state index contributed by atoms with van der Waals surface area (Å²) in [6.45, 7) is 0.544. The number of unbranched alkanes of at least 4 members (excludes halogenated alkanes) is 1. The lowest BCUT2D eigenvalue weighted by Crippen LogP contribution is -2.59. The summed E-state index contributed by atoms with van der Waals surface area (Å²) in [6, 6.07) is 8.79. The smallest absolute Gasteiger partial charge is 0.240 e. The number of hydrogen-bond donors (Lipinski definition) is 4. The van der Waals surface area contributed by atoms with Crippen LogP contribution in [0.15, 0.2) is 30.3 Å². The van der Waals surface area contributed by atoms with Gasteiger partial charge in [0.15, 0.2) is 0 Å². The average Bonchev–Trinajstić information content (AvgIpc) is 2.46. The highest BCUT2D eigenvalue weighted by atomic mass is 16.2. The minimum Gasteiger partial charge on any atom is -0.368 e. The lowest BCUT2D eigenvalue weighted by atomic mass is 9.73. The van der Waals surface area contributed by atoms with Crippen LogP contribution in [0.1, 0.15) is 24.8 Å². The van der Waals surface area contributed by atoms with Crippen molar-refractivity contribution in [2.75, 3.05) is 6.54 Å². The monoisotopic (exact) mass is 304 g/mol. The van der Waals surface area contributed by atoms with Crippen LogP contribution >= 0.6 is 0 Å². The van der Waals surface area contributed by atoms with Gasteiger partial charge in [0.25, 0.3) is 0 Å². The van der Waals surface area contributed by atoms with Gasteiger partial charge in [-0.05, 0) is 37.8 Å². The van der Waals surface area contributed by atoms with E-state index in [1.165, 1.54) is 0 Å². The molecule has 0 radical (unpaired) electrons. The van der Waals surface area contributed by atoms with E-state index in [4.69, 9.17) is 17.2 Å². The van der Waals surface area contributed by atoms with Crippen LogP contribution in [0.5, 0.6) is 0 Å². The van der Waals surface area contributed by atoms with Crippen LogP contribution in [-0.2, 0) is 16.0 Å². The van der Waals surface area contributed by atoms with Gasteiger partial charge in [0, 0.05) is 0 Å². The van der Waals surface area contributed by atoms with Crippen molar-refractivity contribution < 1.29 is 9.59 Å². The first-order chi connectivity index (χ1) is 10.4. The van der Waals surface area contributed by atoms with Gasteiger partial charge >= 0.3 is 0 Å². The molecule has 0 aromatic heterocycles. The summed E-state index contributed by atoms with van der Waals surface area (Å²) < 4.78 is 0. The molecule has 0 saturated carbocycles. The topological polar surface area (TPSA) is 124 Å². The van der Waals surface area contributed by atoms with Crippen LogP contribution in [-0.4, -0.2) is 37.7 Å². The van der Waals surface area contributed by atoms with Gasteiger partial charge in [0.05, 0.1) is 5.44 Å². The Bertz CT molecular complexity index is 494. The van der Waals surface area contributed by atoms with Gasteiger partial charge in [0.1, 0.15) is 13.9 Å². The highest BCUT2D eigenvalue weighted by Crippen LogP contribution is 2.09. The van der Waals surface area contributed by atoms with Crippen molar-refractivity contribution in [3.05, 3.63) is 35.9 Å². The van der Waals surface area contributed by atoms with Gasteiger partial charge in [-0.3, -0.25) is 9.59 Å².